The third-order valence-corrected chi connectivity index (χ3v) is 3.26. The summed E-state index contributed by atoms with van der Waals surface area (Å²) in [5.74, 6) is 0.600. The number of anilines is 1. The first-order chi connectivity index (χ1) is 9.70. The van der Waals surface area contributed by atoms with Crippen molar-refractivity contribution in [1.82, 2.24) is 15.3 Å². The molecule has 3 N–H and O–H groups in total. The molecule has 4 heteroatoms. The quantitative estimate of drug-likeness (QED) is 0.847. The zero-order chi connectivity index (χ0) is 14.4. The van der Waals surface area contributed by atoms with Crippen LogP contribution in [-0.4, -0.2) is 16.5 Å². The van der Waals surface area contributed by atoms with Crippen molar-refractivity contribution in [2.24, 2.45) is 0 Å². The van der Waals surface area contributed by atoms with E-state index in [1.165, 1.54) is 0 Å². The van der Waals surface area contributed by atoms with Crippen LogP contribution in [0, 0.1) is 6.92 Å². The number of aryl methyl sites for hydroxylation is 1. The smallest absolute Gasteiger partial charge is 0.126 e. The molecular weight excluding hydrogens is 248 g/mol. The minimum atomic E-state index is 0.168. The molecule has 1 atom stereocenters. The summed E-state index contributed by atoms with van der Waals surface area (Å²) >= 11 is 0. The van der Waals surface area contributed by atoms with Crippen LogP contribution in [0.3, 0.4) is 0 Å². The van der Waals surface area contributed by atoms with Gasteiger partial charge in [-0.25, -0.2) is 4.98 Å². The fourth-order valence-electron chi connectivity index (χ4n) is 2.20. The predicted molar refractivity (Wildman–Crippen MR) is 82.4 cm³/mol. The van der Waals surface area contributed by atoms with Crippen LogP contribution in [0.2, 0.25) is 0 Å². The highest BCUT2D eigenvalue weighted by Gasteiger charge is 2.14. The van der Waals surface area contributed by atoms with Gasteiger partial charge in [0.25, 0.3) is 0 Å². The van der Waals surface area contributed by atoms with Gasteiger partial charge < -0.3 is 11.1 Å². The average molecular weight is 270 g/mol. The summed E-state index contributed by atoms with van der Waals surface area (Å²) < 4.78 is 0. The van der Waals surface area contributed by atoms with Gasteiger partial charge in [0.05, 0.1) is 11.7 Å². The van der Waals surface area contributed by atoms with Crippen LogP contribution in [0.25, 0.3) is 0 Å². The molecule has 0 aliphatic rings. The van der Waals surface area contributed by atoms with Crippen LogP contribution in [0.15, 0.2) is 36.5 Å². The van der Waals surface area contributed by atoms with Gasteiger partial charge in [-0.2, -0.15) is 0 Å². The van der Waals surface area contributed by atoms with Gasteiger partial charge in [0.15, 0.2) is 0 Å². The minimum Gasteiger partial charge on any atom is -0.383 e. The summed E-state index contributed by atoms with van der Waals surface area (Å²) in [6, 6.07) is 10.2. The van der Waals surface area contributed by atoms with Crippen molar-refractivity contribution in [2.75, 3.05) is 12.3 Å². The summed E-state index contributed by atoms with van der Waals surface area (Å²) in [5.41, 5.74) is 9.10. The lowest BCUT2D eigenvalue weighted by Crippen LogP contribution is -2.25. The van der Waals surface area contributed by atoms with Crippen LogP contribution >= 0.6 is 0 Å². The van der Waals surface area contributed by atoms with Crippen molar-refractivity contribution in [3.05, 3.63) is 53.5 Å². The Morgan fingerprint density at radius 3 is 2.80 bits per heavy atom. The highest BCUT2D eigenvalue weighted by atomic mass is 14.9. The van der Waals surface area contributed by atoms with Gasteiger partial charge in [0, 0.05) is 11.9 Å². The normalized spacial score (nSPS) is 12.3. The van der Waals surface area contributed by atoms with E-state index in [2.05, 4.69) is 28.3 Å². The molecule has 0 aliphatic heterocycles. The fourth-order valence-corrected chi connectivity index (χ4v) is 2.20. The van der Waals surface area contributed by atoms with Gasteiger partial charge >= 0.3 is 0 Å². The summed E-state index contributed by atoms with van der Waals surface area (Å²) in [4.78, 5) is 8.78. The second-order valence-electron chi connectivity index (χ2n) is 4.96. The Hall–Kier alpha value is -1.94. The molecule has 0 aliphatic carbocycles. The molecule has 0 saturated heterocycles. The first kappa shape index (κ1) is 14.5. The van der Waals surface area contributed by atoms with Gasteiger partial charge in [0.2, 0.25) is 0 Å². The third-order valence-electron chi connectivity index (χ3n) is 3.26. The molecule has 0 saturated carbocycles. The highest BCUT2D eigenvalue weighted by molar-refractivity contribution is 5.39. The van der Waals surface area contributed by atoms with Crippen LogP contribution in [0.4, 0.5) is 5.82 Å². The van der Waals surface area contributed by atoms with Gasteiger partial charge in [-0.05, 0) is 50.1 Å². The Bertz CT molecular complexity index is 554. The van der Waals surface area contributed by atoms with E-state index in [0.29, 0.717) is 5.82 Å². The second kappa shape index (κ2) is 7.01. The zero-order valence-electron chi connectivity index (χ0n) is 12.1. The van der Waals surface area contributed by atoms with E-state index in [0.717, 1.165) is 36.3 Å². The number of hydrogen-bond acceptors (Lipinski definition) is 4. The van der Waals surface area contributed by atoms with Gasteiger partial charge in [0.1, 0.15) is 5.82 Å². The van der Waals surface area contributed by atoms with Gasteiger partial charge in [-0.1, -0.05) is 19.1 Å². The third kappa shape index (κ3) is 3.78. The fraction of sp³-hybridized carbons (Fsp3) is 0.375. The van der Waals surface area contributed by atoms with E-state index in [1.807, 2.05) is 31.2 Å². The maximum atomic E-state index is 5.95. The number of nitrogens with zero attached hydrogens (tertiary/aromatic N) is 2. The number of nitrogens with two attached hydrogens (primary N) is 1. The first-order valence-electron chi connectivity index (χ1n) is 7.07. The van der Waals surface area contributed by atoms with Crippen molar-refractivity contribution in [3.63, 3.8) is 0 Å². The Labute approximate surface area is 120 Å². The van der Waals surface area contributed by atoms with E-state index in [4.69, 9.17) is 5.73 Å². The molecule has 20 heavy (non-hydrogen) atoms. The molecule has 4 nitrogen and oxygen atoms in total. The Kier molecular flexibility index (Phi) is 5.07. The molecule has 106 valence electrons. The SMILES string of the molecule is CCCNC(Cc1cccnc1N)c1cccc(C)n1. The number of pyridine rings is 2. The largest absolute Gasteiger partial charge is 0.383 e. The van der Waals surface area contributed by atoms with Crippen molar-refractivity contribution in [1.29, 1.82) is 0 Å². The lowest BCUT2D eigenvalue weighted by molar-refractivity contribution is 0.517. The van der Waals surface area contributed by atoms with Crippen LogP contribution in [0.5, 0.6) is 0 Å². The minimum absolute atomic E-state index is 0.168. The van der Waals surface area contributed by atoms with Gasteiger partial charge in [-0.3, -0.25) is 4.98 Å². The van der Waals surface area contributed by atoms with Crippen LogP contribution in [0.1, 0.15) is 36.3 Å². The summed E-state index contributed by atoms with van der Waals surface area (Å²) in [7, 11) is 0. The lowest BCUT2D eigenvalue weighted by Gasteiger charge is -2.19. The maximum absolute atomic E-state index is 5.95. The topological polar surface area (TPSA) is 63.8 Å². The average Bonchev–Trinajstić information content (AvgIpc) is 2.45. The molecule has 1 unspecified atom stereocenters. The van der Waals surface area contributed by atoms with Crippen LogP contribution < -0.4 is 11.1 Å². The standard InChI is InChI=1S/C16H22N4/c1-3-9-18-15(14-8-4-6-12(2)20-14)11-13-7-5-10-19-16(13)17/h4-8,10,15,18H,3,9,11H2,1-2H3,(H2,17,19). The molecule has 0 radical (unpaired) electrons. The summed E-state index contributed by atoms with van der Waals surface area (Å²) in [5, 5.41) is 3.54. The summed E-state index contributed by atoms with van der Waals surface area (Å²) in [6.45, 7) is 5.13. The molecule has 0 fully saturated rings. The van der Waals surface area contributed by atoms with E-state index in [1.54, 1.807) is 6.20 Å². The second-order valence-corrected chi connectivity index (χ2v) is 4.96. The maximum Gasteiger partial charge on any atom is 0.126 e. The van der Waals surface area contributed by atoms with Gasteiger partial charge in [-0.15, -0.1) is 0 Å². The monoisotopic (exact) mass is 270 g/mol. The Morgan fingerprint density at radius 2 is 2.10 bits per heavy atom. The Balaban J connectivity index is 2.21. The van der Waals surface area contributed by atoms with E-state index >= 15 is 0 Å². The molecule has 0 aromatic carbocycles. The van der Waals surface area contributed by atoms with E-state index < -0.39 is 0 Å². The van der Waals surface area contributed by atoms with E-state index in [9.17, 15) is 0 Å². The molecule has 0 spiro atoms. The number of rotatable bonds is 6. The van der Waals surface area contributed by atoms with Crippen molar-refractivity contribution in [2.45, 2.75) is 32.7 Å². The van der Waals surface area contributed by atoms with Crippen LogP contribution in [-0.2, 0) is 6.42 Å². The van der Waals surface area contributed by atoms with Crippen molar-refractivity contribution in [3.8, 4) is 0 Å². The van der Waals surface area contributed by atoms with Crippen molar-refractivity contribution < 1.29 is 0 Å². The van der Waals surface area contributed by atoms with E-state index in [-0.39, 0.29) is 6.04 Å². The number of hydrogen-bond donors (Lipinski definition) is 2. The lowest BCUT2D eigenvalue weighted by atomic mass is 10.0. The summed E-state index contributed by atoms with van der Waals surface area (Å²) in [6.07, 6.45) is 3.61. The molecular formula is C16H22N4. The zero-order valence-corrected chi connectivity index (χ0v) is 12.1. The number of nitrogen functional groups attached to an aromatic ring is 1. The molecule has 2 heterocycles. The molecule has 2 aromatic rings. The number of nitrogens with one attached hydrogen (secondary N) is 1. The predicted octanol–water partition coefficient (Wildman–Crippen LogP) is 2.65. The van der Waals surface area contributed by atoms with Crippen molar-refractivity contribution >= 4 is 5.82 Å². The molecule has 0 amide bonds. The Morgan fingerprint density at radius 1 is 1.25 bits per heavy atom. The molecule has 0 bridgehead atoms. The highest BCUT2D eigenvalue weighted by Crippen LogP contribution is 2.19. The molecule has 2 rings (SSSR count). The molecule has 2 aromatic heterocycles. The first-order valence-corrected chi connectivity index (χ1v) is 7.07. The number of aromatic nitrogens is 2.